The zero-order valence-electron chi connectivity index (χ0n) is 13.3. The molecule has 0 saturated heterocycles. The molecule has 114 valence electrons. The summed E-state index contributed by atoms with van der Waals surface area (Å²) < 4.78 is 0. The van der Waals surface area contributed by atoms with Gasteiger partial charge in [0.1, 0.15) is 5.78 Å². The molecule has 6 atom stereocenters. The first-order valence-electron chi connectivity index (χ1n) is 8.65. The zero-order chi connectivity index (χ0) is 14.8. The Balaban J connectivity index is 1.69. The molecule has 4 rings (SSSR count). The van der Waals surface area contributed by atoms with E-state index < -0.39 is 0 Å². The molecule has 0 heterocycles. The number of fused-ring (bicyclic) bond motifs is 5. The molecule has 0 aliphatic heterocycles. The molecule has 0 radical (unpaired) electrons. The molecule has 2 nitrogen and oxygen atoms in total. The first kappa shape index (κ1) is 13.6. The Morgan fingerprint density at radius 3 is 2.76 bits per heavy atom. The molecule has 0 amide bonds. The van der Waals surface area contributed by atoms with Gasteiger partial charge in [-0.1, -0.05) is 26.0 Å². The predicted molar refractivity (Wildman–Crippen MR) is 84.3 cm³/mol. The fourth-order valence-corrected chi connectivity index (χ4v) is 6.27. The monoisotopic (exact) mass is 285 g/mol. The van der Waals surface area contributed by atoms with Crippen molar-refractivity contribution in [3.63, 3.8) is 0 Å². The summed E-state index contributed by atoms with van der Waals surface area (Å²) in [7, 11) is 0. The number of hydrogen-bond acceptors (Lipinski definition) is 2. The van der Waals surface area contributed by atoms with Crippen molar-refractivity contribution in [1.82, 2.24) is 0 Å². The lowest BCUT2D eigenvalue weighted by Gasteiger charge is -2.57. The Labute approximate surface area is 127 Å². The average molecular weight is 285 g/mol. The standard InChI is InChI=1S/C19H27NO/c1-18-9-7-13(20)11-12(18)3-4-14-15-5-6-17(21)19(15,2)10-8-16(14)18/h7,9,11-12,14-16H,3-6,8,10,20H2,1-2H3/t12?,14-,15-,16+,18-,19-/m0/s1. The van der Waals surface area contributed by atoms with Crippen LogP contribution in [-0.2, 0) is 4.79 Å². The Bertz CT molecular complexity index is 548. The Morgan fingerprint density at radius 2 is 1.95 bits per heavy atom. The number of ketones is 1. The van der Waals surface area contributed by atoms with E-state index in [1.807, 2.05) is 0 Å². The van der Waals surface area contributed by atoms with Gasteiger partial charge in [-0.15, -0.1) is 0 Å². The molecular formula is C19H27NO. The molecule has 2 N–H and O–H groups in total. The van der Waals surface area contributed by atoms with Crippen molar-refractivity contribution in [1.29, 1.82) is 0 Å². The Kier molecular flexibility index (Phi) is 2.75. The van der Waals surface area contributed by atoms with E-state index in [0.717, 1.165) is 36.8 Å². The van der Waals surface area contributed by atoms with Crippen molar-refractivity contribution < 1.29 is 4.79 Å². The number of Topliss-reactive ketones (excluding diaryl/α,β-unsaturated/α-hetero) is 1. The van der Waals surface area contributed by atoms with E-state index in [1.54, 1.807) is 0 Å². The van der Waals surface area contributed by atoms with Gasteiger partial charge in [0.2, 0.25) is 0 Å². The number of carbonyl (C=O) groups excluding carboxylic acids is 1. The number of carbonyl (C=O) groups is 1. The minimum absolute atomic E-state index is 0.00237. The molecule has 4 aliphatic carbocycles. The van der Waals surface area contributed by atoms with Crippen LogP contribution in [0.3, 0.4) is 0 Å². The van der Waals surface area contributed by atoms with Crippen LogP contribution >= 0.6 is 0 Å². The lowest BCUT2D eigenvalue weighted by atomic mass is 9.47. The molecule has 21 heavy (non-hydrogen) atoms. The quantitative estimate of drug-likeness (QED) is 0.735. The summed E-state index contributed by atoms with van der Waals surface area (Å²) >= 11 is 0. The van der Waals surface area contributed by atoms with Gasteiger partial charge in [-0.05, 0) is 67.3 Å². The van der Waals surface area contributed by atoms with Crippen molar-refractivity contribution >= 4 is 5.78 Å². The molecule has 2 heteroatoms. The summed E-state index contributed by atoms with van der Waals surface area (Å²) in [6, 6.07) is 0. The molecule has 0 aromatic rings. The topological polar surface area (TPSA) is 43.1 Å². The van der Waals surface area contributed by atoms with Crippen molar-refractivity contribution in [2.75, 3.05) is 0 Å². The summed E-state index contributed by atoms with van der Waals surface area (Å²) in [6.07, 6.45) is 13.6. The molecule has 3 fully saturated rings. The van der Waals surface area contributed by atoms with Crippen LogP contribution in [-0.4, -0.2) is 5.78 Å². The summed E-state index contributed by atoms with van der Waals surface area (Å²) in [5.41, 5.74) is 7.22. The minimum Gasteiger partial charge on any atom is -0.399 e. The van der Waals surface area contributed by atoms with E-state index in [0.29, 0.717) is 17.6 Å². The molecule has 0 aromatic carbocycles. The van der Waals surface area contributed by atoms with E-state index >= 15 is 0 Å². The normalized spacial score (nSPS) is 51.9. The lowest BCUT2D eigenvalue weighted by molar-refractivity contribution is -0.133. The van der Waals surface area contributed by atoms with Crippen molar-refractivity contribution in [2.45, 2.75) is 52.4 Å². The number of hydrogen-bond donors (Lipinski definition) is 1. The third-order valence-corrected chi connectivity index (χ3v) is 7.58. The van der Waals surface area contributed by atoms with Gasteiger partial charge in [-0.2, -0.15) is 0 Å². The van der Waals surface area contributed by atoms with Crippen LogP contribution < -0.4 is 5.73 Å². The van der Waals surface area contributed by atoms with Crippen LogP contribution in [0, 0.1) is 34.5 Å². The van der Waals surface area contributed by atoms with Gasteiger partial charge in [0.15, 0.2) is 0 Å². The fraction of sp³-hybridized carbons (Fsp3) is 0.737. The third-order valence-electron chi connectivity index (χ3n) is 7.58. The zero-order valence-corrected chi connectivity index (χ0v) is 13.3. The van der Waals surface area contributed by atoms with Gasteiger partial charge in [0.05, 0.1) is 0 Å². The van der Waals surface area contributed by atoms with Crippen LogP contribution in [0.2, 0.25) is 0 Å². The van der Waals surface area contributed by atoms with E-state index in [1.165, 1.54) is 19.3 Å². The Morgan fingerprint density at radius 1 is 1.14 bits per heavy atom. The second kappa shape index (κ2) is 4.24. The summed E-state index contributed by atoms with van der Waals surface area (Å²) in [6.45, 7) is 4.69. The highest BCUT2D eigenvalue weighted by Crippen LogP contribution is 2.63. The number of rotatable bonds is 0. The maximum atomic E-state index is 12.4. The van der Waals surface area contributed by atoms with Crippen molar-refractivity contribution in [3.05, 3.63) is 23.9 Å². The smallest absolute Gasteiger partial charge is 0.139 e. The first-order valence-corrected chi connectivity index (χ1v) is 8.65. The Hall–Kier alpha value is -1.05. The van der Waals surface area contributed by atoms with Gasteiger partial charge >= 0.3 is 0 Å². The van der Waals surface area contributed by atoms with Gasteiger partial charge in [0.25, 0.3) is 0 Å². The van der Waals surface area contributed by atoms with E-state index in [2.05, 4.69) is 32.1 Å². The maximum Gasteiger partial charge on any atom is 0.139 e. The second-order valence-corrected chi connectivity index (χ2v) is 8.34. The molecule has 1 unspecified atom stereocenters. The summed E-state index contributed by atoms with van der Waals surface area (Å²) in [5.74, 6) is 3.26. The first-order chi connectivity index (χ1) is 9.95. The highest BCUT2D eigenvalue weighted by atomic mass is 16.1. The van der Waals surface area contributed by atoms with Crippen LogP contribution in [0.5, 0.6) is 0 Å². The second-order valence-electron chi connectivity index (χ2n) is 8.34. The van der Waals surface area contributed by atoms with Gasteiger partial charge in [-0.3, -0.25) is 4.79 Å². The number of allylic oxidation sites excluding steroid dienone is 3. The van der Waals surface area contributed by atoms with Crippen LogP contribution in [0.1, 0.15) is 52.4 Å². The molecule has 0 spiro atoms. The summed E-state index contributed by atoms with van der Waals surface area (Å²) in [4.78, 5) is 12.4. The molecule has 3 saturated carbocycles. The van der Waals surface area contributed by atoms with Gasteiger partial charge in [-0.25, -0.2) is 0 Å². The molecular weight excluding hydrogens is 258 g/mol. The highest BCUT2D eigenvalue weighted by molar-refractivity contribution is 5.87. The van der Waals surface area contributed by atoms with Crippen LogP contribution in [0.25, 0.3) is 0 Å². The van der Waals surface area contributed by atoms with E-state index in [9.17, 15) is 4.79 Å². The van der Waals surface area contributed by atoms with Crippen molar-refractivity contribution in [2.24, 2.45) is 40.2 Å². The fourth-order valence-electron chi connectivity index (χ4n) is 6.27. The molecule has 4 aliphatic rings. The lowest BCUT2D eigenvalue weighted by Crippen LogP contribution is -2.51. The van der Waals surface area contributed by atoms with Gasteiger partial charge < -0.3 is 5.73 Å². The van der Waals surface area contributed by atoms with Crippen molar-refractivity contribution in [3.8, 4) is 0 Å². The van der Waals surface area contributed by atoms with Crippen LogP contribution in [0.4, 0.5) is 0 Å². The molecule has 0 bridgehead atoms. The van der Waals surface area contributed by atoms with Crippen LogP contribution in [0.15, 0.2) is 23.9 Å². The van der Waals surface area contributed by atoms with Gasteiger partial charge in [0, 0.05) is 17.5 Å². The summed E-state index contributed by atoms with van der Waals surface area (Å²) in [5, 5.41) is 0. The SMILES string of the molecule is C[C@]12C=CC(N)=CC1CC[C@@H]1[C@H]2CC[C@]2(C)C(=O)CC[C@@H]12. The van der Waals surface area contributed by atoms with E-state index in [-0.39, 0.29) is 10.8 Å². The number of nitrogens with two attached hydrogens (primary N) is 1. The molecule has 0 aromatic heterocycles. The largest absolute Gasteiger partial charge is 0.399 e. The average Bonchev–Trinajstić information content (AvgIpc) is 2.76. The maximum absolute atomic E-state index is 12.4. The minimum atomic E-state index is -0.00237. The predicted octanol–water partition coefficient (Wildman–Crippen LogP) is 3.83. The third kappa shape index (κ3) is 1.68. The van der Waals surface area contributed by atoms with E-state index in [4.69, 9.17) is 5.73 Å². The highest BCUT2D eigenvalue weighted by Gasteiger charge is 2.58.